The standard InChI is InChI=1S/C16H24F2N2/c1-11(2)16(14-5-4-12(17)10-15(14)18)19-13-6-8-20(3)9-7-13/h4-5,10-11,13,16,19H,6-9H2,1-3H3/t16-/m1/s1. The number of piperidine rings is 1. The number of hydrogen-bond donors (Lipinski definition) is 1. The third kappa shape index (κ3) is 3.76. The van der Waals surface area contributed by atoms with Crippen molar-refractivity contribution in [1.29, 1.82) is 0 Å². The molecular weight excluding hydrogens is 258 g/mol. The van der Waals surface area contributed by atoms with Gasteiger partial charge >= 0.3 is 0 Å². The first-order valence-corrected chi connectivity index (χ1v) is 7.37. The average Bonchev–Trinajstić information content (AvgIpc) is 2.39. The fraction of sp³-hybridized carbons (Fsp3) is 0.625. The Morgan fingerprint density at radius 1 is 1.20 bits per heavy atom. The molecule has 0 amide bonds. The van der Waals surface area contributed by atoms with E-state index in [4.69, 9.17) is 0 Å². The van der Waals surface area contributed by atoms with Crippen molar-refractivity contribution in [3.05, 3.63) is 35.4 Å². The molecule has 0 unspecified atom stereocenters. The smallest absolute Gasteiger partial charge is 0.130 e. The molecule has 20 heavy (non-hydrogen) atoms. The van der Waals surface area contributed by atoms with Crippen LogP contribution in [0.2, 0.25) is 0 Å². The summed E-state index contributed by atoms with van der Waals surface area (Å²) in [6, 6.07) is 4.22. The van der Waals surface area contributed by atoms with E-state index in [0.29, 0.717) is 11.6 Å². The van der Waals surface area contributed by atoms with E-state index < -0.39 is 11.6 Å². The van der Waals surface area contributed by atoms with Crippen LogP contribution in [0.1, 0.15) is 38.3 Å². The molecule has 0 spiro atoms. The topological polar surface area (TPSA) is 15.3 Å². The fourth-order valence-electron chi connectivity index (χ4n) is 2.82. The van der Waals surface area contributed by atoms with E-state index in [1.54, 1.807) is 6.07 Å². The van der Waals surface area contributed by atoms with Gasteiger partial charge in [-0.2, -0.15) is 0 Å². The molecule has 0 aromatic heterocycles. The molecule has 1 N–H and O–H groups in total. The number of hydrogen-bond acceptors (Lipinski definition) is 2. The molecule has 1 saturated heterocycles. The van der Waals surface area contributed by atoms with Crippen LogP contribution in [-0.4, -0.2) is 31.1 Å². The number of benzene rings is 1. The Hall–Kier alpha value is -1.00. The average molecular weight is 282 g/mol. The monoisotopic (exact) mass is 282 g/mol. The number of nitrogens with one attached hydrogen (secondary N) is 1. The van der Waals surface area contributed by atoms with Crippen LogP contribution in [0.3, 0.4) is 0 Å². The summed E-state index contributed by atoms with van der Waals surface area (Å²) < 4.78 is 27.0. The summed E-state index contributed by atoms with van der Waals surface area (Å²) in [5, 5.41) is 3.56. The number of nitrogens with zero attached hydrogens (tertiary/aromatic N) is 1. The molecule has 1 atom stereocenters. The minimum absolute atomic E-state index is 0.0657. The zero-order valence-electron chi connectivity index (χ0n) is 12.5. The van der Waals surface area contributed by atoms with E-state index in [9.17, 15) is 8.78 Å². The molecule has 112 valence electrons. The van der Waals surface area contributed by atoms with Gasteiger partial charge in [-0.25, -0.2) is 8.78 Å². The largest absolute Gasteiger partial charge is 0.307 e. The first-order chi connectivity index (χ1) is 9.47. The predicted molar refractivity (Wildman–Crippen MR) is 77.6 cm³/mol. The summed E-state index contributed by atoms with van der Waals surface area (Å²) >= 11 is 0. The van der Waals surface area contributed by atoms with E-state index in [1.807, 2.05) is 0 Å². The molecule has 4 heteroatoms. The van der Waals surface area contributed by atoms with Crippen LogP contribution < -0.4 is 5.32 Å². The highest BCUT2D eigenvalue weighted by molar-refractivity contribution is 5.23. The van der Waals surface area contributed by atoms with E-state index in [1.165, 1.54) is 6.07 Å². The Bertz CT molecular complexity index is 440. The molecule has 0 aliphatic carbocycles. The quantitative estimate of drug-likeness (QED) is 0.911. The van der Waals surface area contributed by atoms with Gasteiger partial charge in [0, 0.05) is 23.7 Å². The molecule has 2 nitrogen and oxygen atoms in total. The highest BCUT2D eigenvalue weighted by atomic mass is 19.1. The van der Waals surface area contributed by atoms with Crippen LogP contribution in [0.15, 0.2) is 18.2 Å². The molecule has 1 aliphatic heterocycles. The Kier molecular flexibility index (Phi) is 5.11. The maximum atomic E-state index is 14.0. The molecular formula is C16H24F2N2. The van der Waals surface area contributed by atoms with Gasteiger partial charge in [0.05, 0.1) is 0 Å². The molecule has 0 radical (unpaired) electrons. The summed E-state index contributed by atoms with van der Waals surface area (Å²) in [5.41, 5.74) is 0.570. The van der Waals surface area contributed by atoms with Gasteiger partial charge in [-0.1, -0.05) is 19.9 Å². The van der Waals surface area contributed by atoms with Crippen molar-refractivity contribution in [3.8, 4) is 0 Å². The van der Waals surface area contributed by atoms with E-state index >= 15 is 0 Å². The predicted octanol–water partition coefficient (Wildman–Crippen LogP) is 3.35. The van der Waals surface area contributed by atoms with Crippen LogP contribution in [0, 0.1) is 17.6 Å². The van der Waals surface area contributed by atoms with Crippen molar-refractivity contribution in [2.45, 2.75) is 38.8 Å². The summed E-state index contributed by atoms with van der Waals surface area (Å²) in [6.07, 6.45) is 2.14. The van der Waals surface area contributed by atoms with Crippen LogP contribution in [0.5, 0.6) is 0 Å². The summed E-state index contributed by atoms with van der Waals surface area (Å²) in [7, 11) is 2.12. The Morgan fingerprint density at radius 3 is 2.40 bits per heavy atom. The first kappa shape index (κ1) is 15.4. The lowest BCUT2D eigenvalue weighted by Gasteiger charge is -2.34. The van der Waals surface area contributed by atoms with Gasteiger partial charge in [-0.05, 0) is 45.0 Å². The lowest BCUT2D eigenvalue weighted by molar-refractivity contribution is 0.213. The Balaban J connectivity index is 2.11. The van der Waals surface area contributed by atoms with Crippen molar-refractivity contribution in [2.75, 3.05) is 20.1 Å². The Morgan fingerprint density at radius 2 is 1.85 bits per heavy atom. The number of rotatable bonds is 4. The van der Waals surface area contributed by atoms with Crippen LogP contribution in [0.4, 0.5) is 8.78 Å². The third-order valence-corrected chi connectivity index (χ3v) is 4.10. The Labute approximate surface area is 120 Å². The van der Waals surface area contributed by atoms with Crippen molar-refractivity contribution in [2.24, 2.45) is 5.92 Å². The lowest BCUT2D eigenvalue weighted by atomic mass is 9.93. The maximum absolute atomic E-state index is 14.0. The second-order valence-electron chi connectivity index (χ2n) is 6.13. The zero-order valence-corrected chi connectivity index (χ0v) is 12.5. The summed E-state index contributed by atoms with van der Waals surface area (Å²) in [4.78, 5) is 2.31. The van der Waals surface area contributed by atoms with Gasteiger partial charge in [-0.15, -0.1) is 0 Å². The molecule has 1 fully saturated rings. The number of halogens is 2. The zero-order chi connectivity index (χ0) is 14.7. The van der Waals surface area contributed by atoms with Crippen molar-refractivity contribution < 1.29 is 8.78 Å². The highest BCUT2D eigenvalue weighted by Gasteiger charge is 2.25. The maximum Gasteiger partial charge on any atom is 0.130 e. The lowest BCUT2D eigenvalue weighted by Crippen LogP contribution is -2.43. The normalized spacial score (nSPS) is 19.5. The molecule has 0 saturated carbocycles. The van der Waals surface area contributed by atoms with Gasteiger partial charge in [0.15, 0.2) is 0 Å². The van der Waals surface area contributed by atoms with Gasteiger partial charge in [0.1, 0.15) is 11.6 Å². The second-order valence-corrected chi connectivity index (χ2v) is 6.13. The SMILES string of the molecule is CC(C)[C@@H](NC1CCN(C)CC1)c1ccc(F)cc1F. The minimum atomic E-state index is -0.520. The molecule has 1 heterocycles. The van der Waals surface area contributed by atoms with E-state index in [-0.39, 0.29) is 12.0 Å². The van der Waals surface area contributed by atoms with Crippen molar-refractivity contribution in [1.82, 2.24) is 10.2 Å². The van der Waals surface area contributed by atoms with Crippen molar-refractivity contribution >= 4 is 0 Å². The molecule has 1 aromatic rings. The third-order valence-electron chi connectivity index (χ3n) is 4.10. The van der Waals surface area contributed by atoms with Gasteiger partial charge in [0.2, 0.25) is 0 Å². The highest BCUT2D eigenvalue weighted by Crippen LogP contribution is 2.26. The van der Waals surface area contributed by atoms with Crippen molar-refractivity contribution in [3.63, 3.8) is 0 Å². The summed E-state index contributed by atoms with van der Waals surface area (Å²) in [5.74, 6) is -0.716. The van der Waals surface area contributed by atoms with Crippen LogP contribution in [0.25, 0.3) is 0 Å². The fourth-order valence-corrected chi connectivity index (χ4v) is 2.82. The molecule has 0 bridgehead atoms. The minimum Gasteiger partial charge on any atom is -0.307 e. The number of likely N-dealkylation sites (tertiary alicyclic amines) is 1. The van der Waals surface area contributed by atoms with Crippen LogP contribution >= 0.6 is 0 Å². The second kappa shape index (κ2) is 6.64. The first-order valence-electron chi connectivity index (χ1n) is 7.37. The van der Waals surface area contributed by atoms with Gasteiger partial charge < -0.3 is 10.2 Å². The molecule has 2 rings (SSSR count). The van der Waals surface area contributed by atoms with E-state index in [2.05, 4.69) is 31.1 Å². The summed E-state index contributed by atoms with van der Waals surface area (Å²) in [6.45, 7) is 6.26. The van der Waals surface area contributed by atoms with Gasteiger partial charge in [-0.3, -0.25) is 0 Å². The van der Waals surface area contributed by atoms with Gasteiger partial charge in [0.25, 0.3) is 0 Å². The molecule has 1 aliphatic rings. The van der Waals surface area contributed by atoms with Crippen LogP contribution in [-0.2, 0) is 0 Å². The molecule has 1 aromatic carbocycles. The van der Waals surface area contributed by atoms with E-state index in [0.717, 1.165) is 32.0 Å².